The topological polar surface area (TPSA) is 4.93 Å². The van der Waals surface area contributed by atoms with E-state index in [2.05, 4.69) is 278 Å². The van der Waals surface area contributed by atoms with Gasteiger partial charge in [0.15, 0.2) is 0 Å². The molecule has 1 heteroatoms. The van der Waals surface area contributed by atoms with Gasteiger partial charge in [-0.3, -0.25) is 0 Å². The van der Waals surface area contributed by atoms with Gasteiger partial charge in [0.25, 0.3) is 0 Å². The third kappa shape index (κ3) is 7.20. The molecule has 0 aliphatic heterocycles. The molecule has 0 atom stereocenters. The Bertz CT molecular complexity index is 3880. The van der Waals surface area contributed by atoms with Crippen molar-refractivity contribution in [2.75, 3.05) is 0 Å². The molecule has 69 heavy (non-hydrogen) atoms. The first-order chi connectivity index (χ1) is 34.2. The minimum atomic E-state index is 1.12. The normalized spacial score (nSPS) is 11.5. The monoisotopic (exact) mass is 875 g/mol. The van der Waals surface area contributed by atoms with E-state index >= 15 is 0 Å². The Labute approximate surface area is 402 Å². The molecule has 322 valence electrons. The van der Waals surface area contributed by atoms with Crippen LogP contribution in [0.15, 0.2) is 273 Å². The third-order valence-electron chi connectivity index (χ3n) is 14.0. The van der Waals surface area contributed by atoms with Crippen LogP contribution in [0.5, 0.6) is 0 Å². The van der Waals surface area contributed by atoms with Gasteiger partial charge in [-0.1, -0.05) is 218 Å². The van der Waals surface area contributed by atoms with Crippen LogP contribution in [0.2, 0.25) is 0 Å². The Morgan fingerprint density at radius 1 is 0.174 bits per heavy atom. The standard InChI is InChI=1S/C68H45N/c1-5-17-46(18-6-1)51-25-15-27-53(41-51)56-34-39-65-62(43-56)63-44-57(54-28-16-26-52(42-54)47-19-7-2-8-20-47)35-40-66(63)69(65)58-36-31-48(32-37-58)55-33-38-61-64(45-55)68(50-23-11-4-12-24-50)60-30-14-13-29-59(60)67(61)49-21-9-3-10-22-49/h1-45H. The Kier molecular flexibility index (Phi) is 9.91. The van der Waals surface area contributed by atoms with Crippen LogP contribution in [0.1, 0.15) is 0 Å². The van der Waals surface area contributed by atoms with Gasteiger partial charge in [-0.2, -0.15) is 0 Å². The van der Waals surface area contributed by atoms with E-state index in [9.17, 15) is 0 Å². The van der Waals surface area contributed by atoms with E-state index in [1.807, 2.05) is 0 Å². The molecule has 0 fully saturated rings. The largest absolute Gasteiger partial charge is 0.309 e. The quantitative estimate of drug-likeness (QED) is 0.134. The molecule has 0 bridgehead atoms. The number of nitrogens with zero attached hydrogens (tertiary/aromatic N) is 1. The fraction of sp³-hybridized carbons (Fsp3) is 0. The maximum Gasteiger partial charge on any atom is 0.0541 e. The predicted molar refractivity (Wildman–Crippen MR) is 294 cm³/mol. The van der Waals surface area contributed by atoms with Crippen LogP contribution < -0.4 is 0 Å². The molecule has 0 spiro atoms. The van der Waals surface area contributed by atoms with Gasteiger partial charge in [-0.05, 0) is 154 Å². The van der Waals surface area contributed by atoms with Crippen LogP contribution in [0.4, 0.5) is 0 Å². The second-order valence-corrected chi connectivity index (χ2v) is 18.0. The molecule has 0 saturated heterocycles. The second kappa shape index (κ2) is 17.0. The summed E-state index contributed by atoms with van der Waals surface area (Å²) < 4.78 is 2.44. The summed E-state index contributed by atoms with van der Waals surface area (Å²) in [5.74, 6) is 0. The van der Waals surface area contributed by atoms with E-state index in [0.717, 1.165) is 5.69 Å². The molecule has 0 radical (unpaired) electrons. The summed E-state index contributed by atoms with van der Waals surface area (Å²) in [5.41, 5.74) is 20.5. The second-order valence-electron chi connectivity index (χ2n) is 18.0. The number of aromatic nitrogens is 1. The van der Waals surface area contributed by atoms with Crippen molar-refractivity contribution in [1.29, 1.82) is 0 Å². The minimum Gasteiger partial charge on any atom is -0.309 e. The molecule has 0 aliphatic carbocycles. The zero-order valence-corrected chi connectivity index (χ0v) is 37.9. The average Bonchev–Trinajstić information content (AvgIpc) is 3.76. The van der Waals surface area contributed by atoms with Crippen molar-refractivity contribution in [3.8, 4) is 83.6 Å². The first-order valence-electron chi connectivity index (χ1n) is 23.8. The van der Waals surface area contributed by atoms with E-state index in [1.54, 1.807) is 0 Å². The van der Waals surface area contributed by atoms with Crippen molar-refractivity contribution in [1.82, 2.24) is 4.57 Å². The smallest absolute Gasteiger partial charge is 0.0541 e. The van der Waals surface area contributed by atoms with Crippen molar-refractivity contribution in [3.05, 3.63) is 273 Å². The summed E-state index contributed by atoms with van der Waals surface area (Å²) in [5, 5.41) is 7.47. The van der Waals surface area contributed by atoms with Crippen LogP contribution in [0, 0.1) is 0 Å². The number of fused-ring (bicyclic) bond motifs is 5. The lowest BCUT2D eigenvalue weighted by Gasteiger charge is -2.19. The number of hydrogen-bond acceptors (Lipinski definition) is 0. The van der Waals surface area contributed by atoms with Gasteiger partial charge in [0.05, 0.1) is 11.0 Å². The summed E-state index contributed by atoms with van der Waals surface area (Å²) in [6, 6.07) is 100.0. The van der Waals surface area contributed by atoms with Gasteiger partial charge in [0, 0.05) is 16.5 Å². The first-order valence-corrected chi connectivity index (χ1v) is 23.8. The van der Waals surface area contributed by atoms with E-state index in [4.69, 9.17) is 0 Å². The SMILES string of the molecule is c1ccc(-c2cccc(-c3ccc4c(c3)c3cc(-c5cccc(-c6ccccc6)c5)ccc3n4-c3ccc(-c4ccc5c(-c6ccccc6)c6ccccc6c(-c6ccccc6)c5c4)cc3)c2)cc1. The van der Waals surface area contributed by atoms with E-state index < -0.39 is 0 Å². The summed E-state index contributed by atoms with van der Waals surface area (Å²) in [6.07, 6.45) is 0. The summed E-state index contributed by atoms with van der Waals surface area (Å²) in [7, 11) is 0. The molecular weight excluding hydrogens is 831 g/mol. The van der Waals surface area contributed by atoms with Crippen LogP contribution in [0.3, 0.4) is 0 Å². The van der Waals surface area contributed by atoms with Gasteiger partial charge in [-0.15, -0.1) is 0 Å². The molecule has 0 unspecified atom stereocenters. The van der Waals surface area contributed by atoms with E-state index in [1.165, 1.54) is 121 Å². The highest BCUT2D eigenvalue weighted by molar-refractivity contribution is 6.22. The fourth-order valence-electron chi connectivity index (χ4n) is 10.7. The molecule has 1 aromatic heterocycles. The minimum absolute atomic E-state index is 1.12. The lowest BCUT2D eigenvalue weighted by atomic mass is 9.85. The van der Waals surface area contributed by atoms with Crippen LogP contribution in [0.25, 0.3) is 127 Å². The van der Waals surface area contributed by atoms with Crippen LogP contribution >= 0.6 is 0 Å². The molecule has 0 saturated carbocycles. The first kappa shape index (κ1) is 40.3. The summed E-state index contributed by atoms with van der Waals surface area (Å²) in [4.78, 5) is 0. The van der Waals surface area contributed by atoms with Crippen LogP contribution in [-0.4, -0.2) is 4.57 Å². The van der Waals surface area contributed by atoms with Crippen molar-refractivity contribution >= 4 is 43.4 Å². The van der Waals surface area contributed by atoms with Crippen molar-refractivity contribution in [3.63, 3.8) is 0 Å². The summed E-state index contributed by atoms with van der Waals surface area (Å²) in [6.45, 7) is 0. The number of hydrogen-bond donors (Lipinski definition) is 0. The van der Waals surface area contributed by atoms with Gasteiger partial charge >= 0.3 is 0 Å². The van der Waals surface area contributed by atoms with Crippen molar-refractivity contribution in [2.24, 2.45) is 0 Å². The molecule has 0 aliphatic rings. The molecule has 0 N–H and O–H groups in total. The third-order valence-corrected chi connectivity index (χ3v) is 14.0. The van der Waals surface area contributed by atoms with Crippen LogP contribution in [-0.2, 0) is 0 Å². The van der Waals surface area contributed by atoms with Gasteiger partial charge in [0.1, 0.15) is 0 Å². The lowest BCUT2D eigenvalue weighted by Crippen LogP contribution is -1.94. The van der Waals surface area contributed by atoms with E-state index in [-0.39, 0.29) is 0 Å². The molecule has 0 amide bonds. The zero-order valence-electron chi connectivity index (χ0n) is 37.9. The average molecular weight is 876 g/mol. The number of rotatable bonds is 8. The van der Waals surface area contributed by atoms with Crippen molar-refractivity contribution < 1.29 is 0 Å². The highest BCUT2D eigenvalue weighted by Gasteiger charge is 2.19. The molecular formula is C68H45N. The van der Waals surface area contributed by atoms with Crippen molar-refractivity contribution in [2.45, 2.75) is 0 Å². The highest BCUT2D eigenvalue weighted by Crippen LogP contribution is 2.45. The molecule has 12 aromatic carbocycles. The molecule has 13 aromatic rings. The van der Waals surface area contributed by atoms with Gasteiger partial charge in [-0.25, -0.2) is 0 Å². The number of benzene rings is 12. The maximum absolute atomic E-state index is 2.44. The fourth-order valence-corrected chi connectivity index (χ4v) is 10.7. The Morgan fingerprint density at radius 3 is 0.957 bits per heavy atom. The Morgan fingerprint density at radius 2 is 0.478 bits per heavy atom. The lowest BCUT2D eigenvalue weighted by molar-refractivity contribution is 1.18. The maximum atomic E-state index is 2.44. The molecule has 13 rings (SSSR count). The predicted octanol–water partition coefficient (Wildman–Crippen LogP) is 18.8. The zero-order chi connectivity index (χ0) is 45.7. The molecule has 1 heterocycles. The van der Waals surface area contributed by atoms with Gasteiger partial charge < -0.3 is 4.57 Å². The summed E-state index contributed by atoms with van der Waals surface area (Å²) >= 11 is 0. The van der Waals surface area contributed by atoms with E-state index in [0.29, 0.717) is 0 Å². The molecule has 1 nitrogen and oxygen atoms in total. The Hall–Kier alpha value is -9.04. The highest BCUT2D eigenvalue weighted by atomic mass is 15.0. The van der Waals surface area contributed by atoms with Gasteiger partial charge in [0.2, 0.25) is 0 Å². The Balaban J connectivity index is 0.958.